The molecule has 1 aliphatic heterocycles. The molecule has 0 bridgehead atoms. The summed E-state index contributed by atoms with van der Waals surface area (Å²) >= 11 is 0. The van der Waals surface area contributed by atoms with Gasteiger partial charge in [0, 0.05) is 68.6 Å². The Morgan fingerprint density at radius 2 is 0.913 bits per heavy atom. The molecule has 2 amide bonds. The SMILES string of the molecule is N#Cc1cc(-n2c3ccccc3c3cc(-c4cccnc4)ccc32)c(-c2cccc3c2C(=O)N(c2ccccc2-c2ccccc2)C3=O)cc1-n1c2ccccc2c2cc(-c3cccnc3)ccc21. The molecule has 69 heavy (non-hydrogen) atoms. The second kappa shape index (κ2) is 15.7. The lowest BCUT2D eigenvalue weighted by atomic mass is 9.93. The van der Waals surface area contributed by atoms with E-state index < -0.39 is 11.8 Å². The van der Waals surface area contributed by atoms with E-state index in [1.807, 2.05) is 140 Å². The number of hydrogen-bond acceptors (Lipinski definition) is 5. The van der Waals surface area contributed by atoms with Crippen LogP contribution < -0.4 is 4.90 Å². The first kappa shape index (κ1) is 39.6. The Bertz CT molecular complexity index is 4130. The monoisotopic (exact) mass is 884 g/mol. The van der Waals surface area contributed by atoms with Gasteiger partial charge in [0.25, 0.3) is 11.8 Å². The van der Waals surface area contributed by atoms with Gasteiger partial charge in [-0.1, -0.05) is 121 Å². The molecular weight excluding hydrogens is 849 g/mol. The number of para-hydroxylation sites is 3. The van der Waals surface area contributed by atoms with Crippen LogP contribution in [0, 0.1) is 11.3 Å². The van der Waals surface area contributed by atoms with E-state index >= 15 is 4.79 Å². The van der Waals surface area contributed by atoms with E-state index in [4.69, 9.17) is 0 Å². The summed E-state index contributed by atoms with van der Waals surface area (Å²) < 4.78 is 4.33. The molecule has 0 aliphatic carbocycles. The standard InChI is InChI=1S/C61H36N6O2/c62-35-43-33-58(66-54-24-9-6-19-46(54)50-32-40(26-28-56(50)66)42-16-12-30-64-37-42)51(34-57(43)65-53-23-8-5-18-45(53)49-31-39(25-27-55(49)65)41-15-11-29-63-36-41)47-20-10-21-48-59(47)61(69)67(60(48)68)52-22-7-4-17-44(52)38-13-2-1-3-14-38/h1-34,36-37H. The molecule has 0 radical (unpaired) electrons. The number of pyridine rings is 2. The Kier molecular flexibility index (Phi) is 9.04. The van der Waals surface area contributed by atoms with Crippen LogP contribution in [0.4, 0.5) is 5.69 Å². The van der Waals surface area contributed by atoms with Crippen molar-refractivity contribution < 1.29 is 9.59 Å². The average molecular weight is 885 g/mol. The highest BCUT2D eigenvalue weighted by Gasteiger charge is 2.40. The third-order valence-corrected chi connectivity index (χ3v) is 13.5. The van der Waals surface area contributed by atoms with Gasteiger partial charge in [0.05, 0.1) is 55.8 Å². The molecule has 8 aromatic carbocycles. The number of amides is 2. The highest BCUT2D eigenvalue weighted by molar-refractivity contribution is 6.37. The minimum atomic E-state index is -0.422. The smallest absolute Gasteiger partial charge is 0.266 e. The van der Waals surface area contributed by atoms with Gasteiger partial charge in [0.2, 0.25) is 0 Å². The number of nitrogens with zero attached hydrogens (tertiary/aromatic N) is 6. The van der Waals surface area contributed by atoms with Crippen LogP contribution in [0.25, 0.3) is 99.5 Å². The van der Waals surface area contributed by atoms with Crippen LogP contribution in [-0.4, -0.2) is 30.9 Å². The zero-order chi connectivity index (χ0) is 46.2. The lowest BCUT2D eigenvalue weighted by Gasteiger charge is -2.20. The van der Waals surface area contributed by atoms with E-state index in [0.717, 1.165) is 77.0 Å². The molecule has 1 aliphatic rings. The van der Waals surface area contributed by atoms with Crippen molar-refractivity contribution in [2.75, 3.05) is 4.90 Å². The van der Waals surface area contributed by atoms with Gasteiger partial charge in [-0.15, -0.1) is 0 Å². The third kappa shape index (κ3) is 6.15. The Hall–Kier alpha value is -9.71. The van der Waals surface area contributed by atoms with Gasteiger partial charge >= 0.3 is 0 Å². The van der Waals surface area contributed by atoms with E-state index in [1.54, 1.807) is 18.5 Å². The molecule has 0 atom stereocenters. The van der Waals surface area contributed by atoms with Crippen molar-refractivity contribution in [1.29, 1.82) is 5.26 Å². The second-order valence-electron chi connectivity index (χ2n) is 17.2. The second-order valence-corrected chi connectivity index (χ2v) is 17.2. The zero-order valence-corrected chi connectivity index (χ0v) is 36.8. The molecule has 5 heterocycles. The molecule has 12 aromatic rings. The summed E-state index contributed by atoms with van der Waals surface area (Å²) in [6, 6.07) is 66.6. The molecule has 0 spiro atoms. The largest absolute Gasteiger partial charge is 0.309 e. The van der Waals surface area contributed by atoms with Crippen molar-refractivity contribution in [1.82, 2.24) is 19.1 Å². The highest BCUT2D eigenvalue weighted by Crippen LogP contribution is 2.45. The number of fused-ring (bicyclic) bond motifs is 7. The van der Waals surface area contributed by atoms with Gasteiger partial charge in [-0.05, 0) is 95.1 Å². The first-order valence-electron chi connectivity index (χ1n) is 22.7. The number of anilines is 1. The summed E-state index contributed by atoms with van der Waals surface area (Å²) in [5.41, 5.74) is 13.5. The maximum atomic E-state index is 15.3. The predicted octanol–water partition coefficient (Wildman–Crippen LogP) is 14.0. The van der Waals surface area contributed by atoms with Crippen molar-refractivity contribution in [2.24, 2.45) is 0 Å². The first-order valence-corrected chi connectivity index (χ1v) is 22.7. The van der Waals surface area contributed by atoms with Crippen LogP contribution in [0.2, 0.25) is 0 Å². The minimum absolute atomic E-state index is 0.297. The first-order chi connectivity index (χ1) is 34.1. The van der Waals surface area contributed by atoms with Gasteiger partial charge in [-0.3, -0.25) is 19.6 Å². The molecule has 0 fully saturated rings. The number of aromatic nitrogens is 4. The van der Waals surface area contributed by atoms with Crippen molar-refractivity contribution in [3.05, 3.63) is 236 Å². The van der Waals surface area contributed by atoms with Gasteiger partial charge in [-0.25, -0.2) is 4.90 Å². The molecule has 0 saturated carbocycles. The normalized spacial score (nSPS) is 12.4. The molecule has 0 unspecified atom stereocenters. The fourth-order valence-electron chi connectivity index (χ4n) is 10.4. The Morgan fingerprint density at radius 3 is 1.54 bits per heavy atom. The van der Waals surface area contributed by atoms with E-state index in [1.165, 1.54) is 4.90 Å². The Labute approximate surface area is 395 Å². The number of benzene rings is 8. The number of rotatable bonds is 7. The predicted molar refractivity (Wildman–Crippen MR) is 275 cm³/mol. The van der Waals surface area contributed by atoms with Crippen LogP contribution in [0.3, 0.4) is 0 Å². The van der Waals surface area contributed by atoms with Crippen molar-refractivity contribution in [2.45, 2.75) is 0 Å². The molecule has 4 aromatic heterocycles. The summed E-state index contributed by atoms with van der Waals surface area (Å²) in [5, 5.41) is 15.4. The van der Waals surface area contributed by atoms with Crippen molar-refractivity contribution in [3.63, 3.8) is 0 Å². The maximum Gasteiger partial charge on any atom is 0.266 e. The Balaban J connectivity index is 1.10. The average Bonchev–Trinajstić information content (AvgIpc) is 4.02. The molecule has 8 nitrogen and oxygen atoms in total. The topological polar surface area (TPSA) is 96.8 Å². The molecule has 0 saturated heterocycles. The van der Waals surface area contributed by atoms with E-state index in [9.17, 15) is 10.1 Å². The number of carbonyl (C=O) groups is 2. The van der Waals surface area contributed by atoms with Gasteiger partial charge in [0.1, 0.15) is 6.07 Å². The van der Waals surface area contributed by atoms with Crippen LogP contribution in [0.5, 0.6) is 0 Å². The molecule has 322 valence electrons. The number of imide groups is 1. The van der Waals surface area contributed by atoms with E-state index in [0.29, 0.717) is 44.9 Å². The highest BCUT2D eigenvalue weighted by atomic mass is 16.2. The van der Waals surface area contributed by atoms with E-state index in [2.05, 4.69) is 85.8 Å². The van der Waals surface area contributed by atoms with Gasteiger partial charge < -0.3 is 9.13 Å². The summed E-state index contributed by atoms with van der Waals surface area (Å²) in [6.07, 6.45) is 7.26. The van der Waals surface area contributed by atoms with Crippen LogP contribution >= 0.6 is 0 Å². The van der Waals surface area contributed by atoms with Crippen LogP contribution in [0.15, 0.2) is 219 Å². The molecule has 13 rings (SSSR count). The lowest BCUT2D eigenvalue weighted by molar-refractivity contribution is 0.0926. The number of hydrogen-bond donors (Lipinski definition) is 0. The minimum Gasteiger partial charge on any atom is -0.309 e. The van der Waals surface area contributed by atoms with Crippen molar-refractivity contribution >= 4 is 61.1 Å². The fourth-order valence-corrected chi connectivity index (χ4v) is 10.4. The van der Waals surface area contributed by atoms with Crippen molar-refractivity contribution in [3.8, 4) is 62.0 Å². The van der Waals surface area contributed by atoms with Gasteiger partial charge in [0.15, 0.2) is 0 Å². The Morgan fingerprint density at radius 1 is 0.377 bits per heavy atom. The number of nitriles is 1. The van der Waals surface area contributed by atoms with E-state index in [-0.39, 0.29) is 0 Å². The fraction of sp³-hybridized carbons (Fsp3) is 0. The molecule has 8 heteroatoms. The number of carbonyl (C=O) groups excluding carboxylic acids is 2. The quantitative estimate of drug-likeness (QED) is 0.149. The summed E-state index contributed by atoms with van der Waals surface area (Å²) in [4.78, 5) is 40.2. The lowest BCUT2D eigenvalue weighted by Crippen LogP contribution is -2.30. The zero-order valence-electron chi connectivity index (χ0n) is 36.8. The summed E-state index contributed by atoms with van der Waals surface area (Å²) in [6.45, 7) is 0. The van der Waals surface area contributed by atoms with Crippen LogP contribution in [-0.2, 0) is 0 Å². The summed E-state index contributed by atoms with van der Waals surface area (Å²) in [7, 11) is 0. The third-order valence-electron chi connectivity index (χ3n) is 13.5. The molecular formula is C61H36N6O2. The van der Waals surface area contributed by atoms with Crippen LogP contribution in [0.1, 0.15) is 26.3 Å². The maximum absolute atomic E-state index is 15.3. The van der Waals surface area contributed by atoms with Gasteiger partial charge in [-0.2, -0.15) is 5.26 Å². The summed E-state index contributed by atoms with van der Waals surface area (Å²) in [5.74, 6) is -0.823. The molecule has 0 N–H and O–H groups in total.